The molecule has 0 aliphatic rings. The summed E-state index contributed by atoms with van der Waals surface area (Å²) in [6.45, 7) is 1.81. The van der Waals surface area contributed by atoms with E-state index in [2.05, 4.69) is 4.98 Å². The Morgan fingerprint density at radius 1 is 1.18 bits per heavy atom. The van der Waals surface area contributed by atoms with Crippen LogP contribution in [0.5, 0.6) is 11.6 Å². The quantitative estimate of drug-likeness (QED) is 0.835. The van der Waals surface area contributed by atoms with E-state index in [0.29, 0.717) is 11.4 Å². The van der Waals surface area contributed by atoms with E-state index in [9.17, 15) is 4.39 Å². The van der Waals surface area contributed by atoms with Gasteiger partial charge in [-0.1, -0.05) is 6.07 Å². The van der Waals surface area contributed by atoms with E-state index in [1.165, 1.54) is 12.1 Å². The number of halogens is 1. The minimum Gasteiger partial charge on any atom is -0.439 e. The molecule has 88 valence electrons. The third-order valence-corrected chi connectivity index (χ3v) is 2.30. The molecule has 1 aromatic heterocycles. The minimum absolute atomic E-state index is 0.191. The van der Waals surface area contributed by atoms with Gasteiger partial charge in [0.25, 0.3) is 0 Å². The van der Waals surface area contributed by atoms with E-state index in [1.54, 1.807) is 18.2 Å². The number of nitrogen functional groups attached to an aromatic ring is 2. The molecule has 0 bridgehead atoms. The lowest BCUT2D eigenvalue weighted by Gasteiger charge is -2.08. The maximum absolute atomic E-state index is 13.0. The molecule has 2 rings (SSSR count). The number of rotatable bonds is 2. The topological polar surface area (TPSA) is 74.2 Å². The second-order valence-electron chi connectivity index (χ2n) is 3.64. The molecule has 4 N–H and O–H groups in total. The Hall–Kier alpha value is -2.30. The summed E-state index contributed by atoms with van der Waals surface area (Å²) < 4.78 is 18.5. The average molecular weight is 233 g/mol. The van der Waals surface area contributed by atoms with Crippen molar-refractivity contribution in [3.8, 4) is 11.6 Å². The fourth-order valence-corrected chi connectivity index (χ4v) is 1.32. The third kappa shape index (κ3) is 2.44. The van der Waals surface area contributed by atoms with E-state index < -0.39 is 0 Å². The molecule has 0 aliphatic carbocycles. The highest BCUT2D eigenvalue weighted by Crippen LogP contribution is 2.26. The number of nitrogens with two attached hydrogens (primary N) is 2. The summed E-state index contributed by atoms with van der Waals surface area (Å²) in [7, 11) is 0. The SMILES string of the molecule is Cc1ccc(F)cc1Oc1ccc(N)c(N)n1. The molecule has 0 atom stereocenters. The van der Waals surface area contributed by atoms with Gasteiger partial charge in [-0.3, -0.25) is 0 Å². The van der Waals surface area contributed by atoms with Crippen LogP contribution >= 0.6 is 0 Å². The van der Waals surface area contributed by atoms with Crippen molar-refractivity contribution in [2.45, 2.75) is 6.92 Å². The monoisotopic (exact) mass is 233 g/mol. The van der Waals surface area contributed by atoms with E-state index >= 15 is 0 Å². The van der Waals surface area contributed by atoms with Crippen LogP contribution in [0.2, 0.25) is 0 Å². The molecule has 0 aliphatic heterocycles. The lowest BCUT2D eigenvalue weighted by Crippen LogP contribution is -1.99. The first-order valence-electron chi connectivity index (χ1n) is 5.02. The lowest BCUT2D eigenvalue weighted by atomic mass is 10.2. The third-order valence-electron chi connectivity index (χ3n) is 2.30. The zero-order valence-corrected chi connectivity index (χ0v) is 9.27. The van der Waals surface area contributed by atoms with E-state index in [1.807, 2.05) is 6.92 Å². The van der Waals surface area contributed by atoms with Gasteiger partial charge in [0.05, 0.1) is 5.69 Å². The number of hydrogen-bond acceptors (Lipinski definition) is 4. The highest BCUT2D eigenvalue weighted by molar-refractivity contribution is 5.58. The number of nitrogens with zero attached hydrogens (tertiary/aromatic N) is 1. The van der Waals surface area contributed by atoms with E-state index in [4.69, 9.17) is 16.2 Å². The van der Waals surface area contributed by atoms with Crippen molar-refractivity contribution in [3.63, 3.8) is 0 Å². The van der Waals surface area contributed by atoms with Crippen LogP contribution in [0, 0.1) is 12.7 Å². The van der Waals surface area contributed by atoms with Gasteiger partial charge in [-0.05, 0) is 24.6 Å². The molecule has 1 heterocycles. The molecule has 1 aromatic carbocycles. The summed E-state index contributed by atoms with van der Waals surface area (Å²) in [5.74, 6) is 0.512. The van der Waals surface area contributed by atoms with Crippen molar-refractivity contribution in [1.82, 2.24) is 4.98 Å². The minimum atomic E-state index is -0.367. The number of hydrogen-bond donors (Lipinski definition) is 2. The smallest absolute Gasteiger partial charge is 0.221 e. The molecule has 0 radical (unpaired) electrons. The fraction of sp³-hybridized carbons (Fsp3) is 0.0833. The van der Waals surface area contributed by atoms with Crippen LogP contribution in [0.25, 0.3) is 0 Å². The second-order valence-corrected chi connectivity index (χ2v) is 3.64. The van der Waals surface area contributed by atoms with Gasteiger partial charge in [0.15, 0.2) is 5.82 Å². The highest BCUT2D eigenvalue weighted by Gasteiger charge is 2.05. The zero-order valence-electron chi connectivity index (χ0n) is 9.27. The molecule has 4 nitrogen and oxygen atoms in total. The molecule has 2 aromatic rings. The van der Waals surface area contributed by atoms with Crippen LogP contribution in [-0.2, 0) is 0 Å². The van der Waals surface area contributed by atoms with Gasteiger partial charge in [0.1, 0.15) is 11.6 Å². The van der Waals surface area contributed by atoms with Crippen LogP contribution in [0.15, 0.2) is 30.3 Å². The van der Waals surface area contributed by atoms with Gasteiger partial charge in [0.2, 0.25) is 5.88 Å². The van der Waals surface area contributed by atoms with Gasteiger partial charge in [-0.15, -0.1) is 0 Å². The first-order valence-corrected chi connectivity index (χ1v) is 5.02. The molecule has 0 saturated carbocycles. The van der Waals surface area contributed by atoms with Gasteiger partial charge in [-0.2, -0.15) is 4.98 Å². The van der Waals surface area contributed by atoms with Crippen molar-refractivity contribution in [1.29, 1.82) is 0 Å². The highest BCUT2D eigenvalue weighted by atomic mass is 19.1. The molecule has 17 heavy (non-hydrogen) atoms. The van der Waals surface area contributed by atoms with Gasteiger partial charge in [0, 0.05) is 12.1 Å². The largest absolute Gasteiger partial charge is 0.439 e. The summed E-state index contributed by atoms with van der Waals surface area (Å²) in [5.41, 5.74) is 12.3. The number of benzene rings is 1. The normalized spacial score (nSPS) is 10.2. The Balaban J connectivity index is 2.31. The van der Waals surface area contributed by atoms with Gasteiger partial charge in [-0.25, -0.2) is 4.39 Å². The van der Waals surface area contributed by atoms with E-state index in [0.717, 1.165) is 5.56 Å². The molecule has 0 saturated heterocycles. The number of ether oxygens (including phenoxy) is 1. The average Bonchev–Trinajstić information content (AvgIpc) is 2.29. The Morgan fingerprint density at radius 3 is 2.65 bits per heavy atom. The van der Waals surface area contributed by atoms with Crippen molar-refractivity contribution in [2.24, 2.45) is 0 Å². The zero-order chi connectivity index (χ0) is 12.4. The molecule has 0 fully saturated rings. The predicted octanol–water partition coefficient (Wildman–Crippen LogP) is 2.49. The van der Waals surface area contributed by atoms with Crippen molar-refractivity contribution in [2.75, 3.05) is 11.5 Å². The lowest BCUT2D eigenvalue weighted by molar-refractivity contribution is 0.455. The van der Waals surface area contributed by atoms with E-state index in [-0.39, 0.29) is 17.5 Å². The molecule has 0 spiro atoms. The summed E-state index contributed by atoms with van der Waals surface area (Å²) in [4.78, 5) is 3.95. The standard InChI is InChI=1S/C12H12FN3O/c1-7-2-3-8(13)6-10(7)17-11-5-4-9(14)12(15)16-11/h2-6H,14H2,1H3,(H2,15,16). The molecule has 0 unspecified atom stereocenters. The molecule has 5 heteroatoms. The van der Waals surface area contributed by atoms with Crippen LogP contribution in [-0.4, -0.2) is 4.98 Å². The van der Waals surface area contributed by atoms with Gasteiger partial charge >= 0.3 is 0 Å². The second kappa shape index (κ2) is 4.29. The van der Waals surface area contributed by atoms with Crippen molar-refractivity contribution in [3.05, 3.63) is 41.7 Å². The first-order chi connectivity index (χ1) is 8.06. The molecule has 0 amide bonds. The Morgan fingerprint density at radius 2 is 1.94 bits per heavy atom. The van der Waals surface area contributed by atoms with Crippen LogP contribution in [0.4, 0.5) is 15.9 Å². The van der Waals surface area contributed by atoms with Gasteiger partial charge < -0.3 is 16.2 Å². The summed E-state index contributed by atoms with van der Waals surface area (Å²) in [6, 6.07) is 7.46. The number of aromatic nitrogens is 1. The summed E-state index contributed by atoms with van der Waals surface area (Å²) in [5, 5.41) is 0. The van der Waals surface area contributed by atoms with Crippen LogP contribution in [0.3, 0.4) is 0 Å². The van der Waals surface area contributed by atoms with Crippen molar-refractivity contribution >= 4 is 11.5 Å². The maximum Gasteiger partial charge on any atom is 0.221 e. The van der Waals surface area contributed by atoms with Crippen LogP contribution < -0.4 is 16.2 Å². The van der Waals surface area contributed by atoms with Crippen molar-refractivity contribution < 1.29 is 9.13 Å². The maximum atomic E-state index is 13.0. The predicted molar refractivity (Wildman–Crippen MR) is 64.3 cm³/mol. The summed E-state index contributed by atoms with van der Waals surface area (Å²) >= 11 is 0. The first kappa shape index (κ1) is 11.2. The number of anilines is 2. The summed E-state index contributed by atoms with van der Waals surface area (Å²) in [6.07, 6.45) is 0. The number of pyridine rings is 1. The fourth-order valence-electron chi connectivity index (χ4n) is 1.32. The molecular formula is C12H12FN3O. The molecular weight excluding hydrogens is 221 g/mol. The van der Waals surface area contributed by atoms with Crippen LogP contribution in [0.1, 0.15) is 5.56 Å². The Bertz CT molecular complexity index is 557. The number of aryl methyl sites for hydroxylation is 1. The Labute approximate surface area is 98.0 Å². The Kier molecular flexibility index (Phi) is 2.82.